The van der Waals surface area contributed by atoms with Crippen molar-refractivity contribution in [1.82, 2.24) is 0 Å². The summed E-state index contributed by atoms with van der Waals surface area (Å²) in [6.45, 7) is 4.43. The SMILES string of the molecule is CCc1cc2c(-c3cccc4ccccc34)cccc2[cH-]1.CCc1cc2c(-c3cccc4ccccc34)cccc2[cH-]1.[Cl-].[Cl-].[Ti+2]=[Si](c1ccccc1)c1ccccc1. The van der Waals surface area contributed by atoms with Gasteiger partial charge in [-0.15, -0.1) is 69.1 Å². The number of benzene rings is 8. The van der Waals surface area contributed by atoms with Crippen LogP contribution in [-0.2, 0) is 32.0 Å². The molecule has 0 atom stereocenters. The molecule has 0 unspecified atom stereocenters. The number of hydrogen-bond acceptors (Lipinski definition) is 0. The maximum atomic E-state index is 2.34. The Morgan fingerprint density at radius 1 is 0.379 bits per heavy atom. The van der Waals surface area contributed by atoms with Crippen molar-refractivity contribution in [3.63, 3.8) is 0 Å². The van der Waals surface area contributed by atoms with Gasteiger partial charge in [-0.05, 0) is 45.5 Å². The summed E-state index contributed by atoms with van der Waals surface area (Å²) in [6.07, 6.45) is 1.63. The van der Waals surface area contributed by atoms with E-state index in [1.54, 1.807) is 0 Å². The summed E-state index contributed by atoms with van der Waals surface area (Å²) in [5, 5.41) is 13.6. The fourth-order valence-corrected chi connectivity index (χ4v) is 10.7. The zero-order valence-corrected chi connectivity index (χ0v) is 36.9. The van der Waals surface area contributed by atoms with Gasteiger partial charge in [0.05, 0.1) is 0 Å². The molecule has 0 saturated carbocycles. The van der Waals surface area contributed by atoms with Gasteiger partial charge in [-0.25, -0.2) is 0 Å². The summed E-state index contributed by atoms with van der Waals surface area (Å²) in [5.41, 5.74) is 8.15. The molecule has 0 saturated heterocycles. The Labute approximate surface area is 367 Å². The topological polar surface area (TPSA) is 0 Å². The van der Waals surface area contributed by atoms with Crippen molar-refractivity contribution in [2.24, 2.45) is 0 Å². The van der Waals surface area contributed by atoms with Gasteiger partial charge in [-0.2, -0.15) is 12.1 Å². The first kappa shape index (κ1) is 42.6. The predicted octanol–water partition coefficient (Wildman–Crippen LogP) is 7.23. The summed E-state index contributed by atoms with van der Waals surface area (Å²) in [5.74, 6) is 0. The third-order valence-electron chi connectivity index (χ3n) is 10.7. The molecule has 0 bridgehead atoms. The van der Waals surface area contributed by atoms with E-state index in [1.807, 2.05) is 0 Å². The molecule has 0 nitrogen and oxygen atoms in total. The molecule has 0 heterocycles. The van der Waals surface area contributed by atoms with Gasteiger partial charge in [-0.1, -0.05) is 122 Å². The van der Waals surface area contributed by atoms with Crippen molar-refractivity contribution in [2.75, 3.05) is 0 Å². The molecule has 0 aromatic heterocycles. The molecule has 0 spiro atoms. The van der Waals surface area contributed by atoms with Crippen LogP contribution in [0, 0.1) is 0 Å². The zero-order chi connectivity index (χ0) is 38.3. The third-order valence-corrected chi connectivity index (χ3v) is 15.2. The van der Waals surface area contributed by atoms with Crippen LogP contribution in [0.4, 0.5) is 0 Å². The molecule has 284 valence electrons. The summed E-state index contributed by atoms with van der Waals surface area (Å²) in [6, 6.07) is 74.4. The van der Waals surface area contributed by atoms with Gasteiger partial charge in [0.1, 0.15) is 0 Å². The second kappa shape index (κ2) is 20.1. The number of aryl methyl sites for hydroxylation is 2. The van der Waals surface area contributed by atoms with E-state index < -0.39 is 6.19 Å². The van der Waals surface area contributed by atoms with Crippen molar-refractivity contribution in [2.45, 2.75) is 26.7 Å². The minimum absolute atomic E-state index is 0. The standard InChI is InChI=1S/2C21H17.C12H10Si.2ClH.Ti/c2*1-2-15-13-17-9-6-12-20(21(17)14-15)19-11-5-8-16-7-3-4-10-18(16)19;1-3-7-11(8-4-1)13-12-9-5-2-6-10-12;;;/h2*3-14H,2H2,1H3;1-10H;2*1H;/q2*-1;;;;+2/p-2. The molecule has 4 heteroatoms. The average Bonchev–Trinajstić information content (AvgIpc) is 3.91. The van der Waals surface area contributed by atoms with Crippen LogP contribution in [0.3, 0.4) is 0 Å². The zero-order valence-electron chi connectivity index (χ0n) is 32.8. The Bertz CT molecular complexity index is 2700. The van der Waals surface area contributed by atoms with E-state index in [9.17, 15) is 0 Å². The molecule has 0 radical (unpaired) electrons. The van der Waals surface area contributed by atoms with Crippen LogP contribution in [0.25, 0.3) is 65.3 Å². The Morgan fingerprint density at radius 3 is 1.10 bits per heavy atom. The van der Waals surface area contributed by atoms with Crippen molar-refractivity contribution >= 4 is 59.6 Å². The third kappa shape index (κ3) is 9.32. The quantitative estimate of drug-likeness (QED) is 0.123. The predicted molar refractivity (Wildman–Crippen MR) is 242 cm³/mol. The number of rotatable bonds is 6. The first-order chi connectivity index (χ1) is 27.6. The second-order valence-corrected chi connectivity index (χ2v) is 18.5. The molecule has 10 rings (SSSR count). The Kier molecular flexibility index (Phi) is 14.8. The Balaban J connectivity index is 0.000000147. The fraction of sp³-hybridized carbons (Fsp3) is 0.0741. The van der Waals surface area contributed by atoms with Crippen LogP contribution in [-0.4, -0.2) is 6.19 Å². The van der Waals surface area contributed by atoms with Gasteiger partial charge in [0.25, 0.3) is 0 Å². The van der Waals surface area contributed by atoms with E-state index in [-0.39, 0.29) is 24.8 Å². The summed E-state index contributed by atoms with van der Waals surface area (Å²) in [4.78, 5) is 0. The Morgan fingerprint density at radius 2 is 0.707 bits per heavy atom. The van der Waals surface area contributed by atoms with Crippen LogP contribution in [0.2, 0.25) is 0 Å². The fourth-order valence-electron chi connectivity index (χ4n) is 7.77. The maximum absolute atomic E-state index is 2.34. The number of halogens is 2. The molecule has 58 heavy (non-hydrogen) atoms. The second-order valence-electron chi connectivity index (χ2n) is 14.2. The molecular weight excluding hydrogens is 795 g/mol. The van der Waals surface area contributed by atoms with E-state index in [1.165, 1.54) is 86.8 Å². The van der Waals surface area contributed by atoms with Gasteiger partial charge in [0, 0.05) is 0 Å². The normalized spacial score (nSPS) is 10.6. The van der Waals surface area contributed by atoms with E-state index in [4.69, 9.17) is 0 Å². The number of fused-ring (bicyclic) bond motifs is 4. The van der Waals surface area contributed by atoms with Gasteiger partial charge in [0.15, 0.2) is 0 Å². The Hall–Kier alpha value is -4.99. The summed E-state index contributed by atoms with van der Waals surface area (Å²) >= 11 is 2.34. The molecule has 0 amide bonds. The van der Waals surface area contributed by atoms with Crippen LogP contribution >= 0.6 is 0 Å². The van der Waals surface area contributed by atoms with Crippen LogP contribution in [0.15, 0.2) is 206 Å². The van der Waals surface area contributed by atoms with E-state index in [2.05, 4.69) is 239 Å². The van der Waals surface area contributed by atoms with Crippen LogP contribution < -0.4 is 35.2 Å². The van der Waals surface area contributed by atoms with Gasteiger partial charge < -0.3 is 24.8 Å². The minimum atomic E-state index is -0.545. The van der Waals surface area contributed by atoms with Gasteiger partial charge in [-0.3, -0.25) is 0 Å². The van der Waals surface area contributed by atoms with E-state index in [0.717, 1.165) is 12.8 Å². The molecule has 0 aliphatic carbocycles. The molecule has 0 N–H and O–H groups in total. The van der Waals surface area contributed by atoms with Gasteiger partial charge in [0.2, 0.25) is 0 Å². The molecule has 0 aliphatic rings. The van der Waals surface area contributed by atoms with Crippen LogP contribution in [0.1, 0.15) is 25.0 Å². The van der Waals surface area contributed by atoms with Crippen molar-refractivity contribution in [3.05, 3.63) is 217 Å². The molecule has 10 aromatic rings. The first-order valence-electron chi connectivity index (χ1n) is 19.6. The van der Waals surface area contributed by atoms with Crippen molar-refractivity contribution < 1.29 is 44.0 Å². The molecule has 0 aliphatic heterocycles. The van der Waals surface area contributed by atoms with E-state index in [0.29, 0.717) is 0 Å². The van der Waals surface area contributed by atoms with Gasteiger partial charge >= 0.3 is 96.4 Å². The average molecular weight is 840 g/mol. The van der Waals surface area contributed by atoms with Crippen molar-refractivity contribution in [1.29, 1.82) is 0 Å². The van der Waals surface area contributed by atoms with Crippen molar-refractivity contribution in [3.8, 4) is 22.3 Å². The number of hydrogen-bond donors (Lipinski definition) is 0. The molecular formula is C54H44Cl2SiTi-2. The molecule has 10 aromatic carbocycles. The summed E-state index contributed by atoms with van der Waals surface area (Å²) < 4.78 is 0. The monoisotopic (exact) mass is 838 g/mol. The summed E-state index contributed by atoms with van der Waals surface area (Å²) in [7, 11) is 0. The van der Waals surface area contributed by atoms with Crippen LogP contribution in [0.5, 0.6) is 0 Å². The first-order valence-corrected chi connectivity index (χ1v) is 23.5. The van der Waals surface area contributed by atoms with E-state index >= 15 is 0 Å². The molecule has 0 fully saturated rings.